The molecule has 0 amide bonds. The molecule has 1 rings (SSSR count). The zero-order chi connectivity index (χ0) is 7.78. The average molecular weight is 141 g/mol. The molecule has 2 heteroatoms. The Morgan fingerprint density at radius 3 is 2.10 bits per heavy atom. The van der Waals surface area contributed by atoms with E-state index < -0.39 is 0 Å². The van der Waals surface area contributed by atoms with Gasteiger partial charge in [-0.25, -0.2) is 0 Å². The molecule has 0 bridgehead atoms. The second-order valence-corrected chi connectivity index (χ2v) is 3.91. The molecule has 1 N–H and O–H groups in total. The Labute approximate surface area is 62.0 Å². The summed E-state index contributed by atoms with van der Waals surface area (Å²) in [5.41, 5.74) is -0.169. The van der Waals surface area contributed by atoms with Crippen molar-refractivity contribution in [3.8, 4) is 0 Å². The van der Waals surface area contributed by atoms with Gasteiger partial charge in [0.1, 0.15) is 0 Å². The average Bonchev–Trinajstić information content (AvgIpc) is 1.57. The molecule has 0 aromatic rings. The van der Waals surface area contributed by atoms with E-state index in [1.165, 1.54) is 0 Å². The molecule has 1 aliphatic rings. The molecule has 58 valence electrons. The molecular formula is C8H15NO. The molecule has 0 saturated carbocycles. The molecule has 1 saturated heterocycles. The van der Waals surface area contributed by atoms with Gasteiger partial charge < -0.3 is 5.32 Å². The molecule has 2 nitrogen and oxygen atoms in total. The zero-order valence-electron chi connectivity index (χ0n) is 6.90. The van der Waals surface area contributed by atoms with Crippen LogP contribution < -0.4 is 5.32 Å². The fraction of sp³-hybridized carbons (Fsp3) is 0.875. The Hall–Kier alpha value is -0.370. The van der Waals surface area contributed by atoms with Gasteiger partial charge in [0.15, 0.2) is 5.78 Å². The molecule has 0 aromatic carbocycles. The van der Waals surface area contributed by atoms with Crippen molar-refractivity contribution >= 4 is 5.78 Å². The van der Waals surface area contributed by atoms with Crippen LogP contribution in [0.3, 0.4) is 0 Å². The van der Waals surface area contributed by atoms with Gasteiger partial charge in [0.05, 0.1) is 6.04 Å². The molecule has 1 unspecified atom stereocenters. The molecule has 1 atom stereocenters. The summed E-state index contributed by atoms with van der Waals surface area (Å²) in [6.45, 7) is 6.91. The van der Waals surface area contributed by atoms with E-state index in [1.54, 1.807) is 0 Å². The summed E-state index contributed by atoms with van der Waals surface area (Å²) in [4.78, 5) is 11.4. The van der Waals surface area contributed by atoms with E-state index in [9.17, 15) is 4.79 Å². The van der Waals surface area contributed by atoms with Crippen LogP contribution in [-0.2, 0) is 4.79 Å². The topological polar surface area (TPSA) is 29.1 Å². The molecule has 0 radical (unpaired) electrons. The van der Waals surface area contributed by atoms with Gasteiger partial charge in [0, 0.05) is 5.41 Å². The first-order valence-electron chi connectivity index (χ1n) is 3.79. The standard InChI is InChI=1S/C8H15NO/c1-8(2,3)7(10)6-4-5-9-6/h6,9H,4-5H2,1-3H3. The number of carbonyl (C=O) groups is 1. The molecule has 1 heterocycles. The Morgan fingerprint density at radius 2 is 2.00 bits per heavy atom. The van der Waals surface area contributed by atoms with Crippen LogP contribution in [0.25, 0.3) is 0 Å². The lowest BCUT2D eigenvalue weighted by atomic mass is 9.83. The van der Waals surface area contributed by atoms with Crippen LogP contribution in [0, 0.1) is 5.41 Å². The Bertz CT molecular complexity index is 142. The van der Waals surface area contributed by atoms with Crippen LogP contribution >= 0.6 is 0 Å². The molecule has 0 aliphatic carbocycles. The highest BCUT2D eigenvalue weighted by molar-refractivity contribution is 5.89. The van der Waals surface area contributed by atoms with Crippen molar-refractivity contribution in [2.45, 2.75) is 33.2 Å². The van der Waals surface area contributed by atoms with Gasteiger partial charge in [-0.15, -0.1) is 0 Å². The van der Waals surface area contributed by atoms with E-state index in [1.807, 2.05) is 20.8 Å². The van der Waals surface area contributed by atoms with E-state index >= 15 is 0 Å². The number of ketones is 1. The fourth-order valence-electron chi connectivity index (χ4n) is 1.04. The maximum Gasteiger partial charge on any atom is 0.155 e. The third kappa shape index (κ3) is 1.37. The minimum atomic E-state index is -0.169. The lowest BCUT2D eigenvalue weighted by molar-refractivity contribution is -0.130. The first kappa shape index (κ1) is 7.73. The van der Waals surface area contributed by atoms with Crippen molar-refractivity contribution < 1.29 is 4.79 Å². The largest absolute Gasteiger partial charge is 0.307 e. The highest BCUT2D eigenvalue weighted by atomic mass is 16.1. The van der Waals surface area contributed by atoms with E-state index in [-0.39, 0.29) is 11.5 Å². The Kier molecular flexibility index (Phi) is 1.82. The summed E-state index contributed by atoms with van der Waals surface area (Å²) in [5, 5.41) is 3.10. The van der Waals surface area contributed by atoms with Crippen LogP contribution in [0.5, 0.6) is 0 Å². The predicted molar refractivity (Wildman–Crippen MR) is 40.9 cm³/mol. The van der Waals surface area contributed by atoms with Gasteiger partial charge in [0.2, 0.25) is 0 Å². The van der Waals surface area contributed by atoms with E-state index in [0.29, 0.717) is 5.78 Å². The maximum atomic E-state index is 11.4. The SMILES string of the molecule is CC(C)(C)C(=O)C1CCN1. The number of rotatable bonds is 1. The number of hydrogen-bond donors (Lipinski definition) is 1. The Balaban J connectivity index is 2.48. The highest BCUT2D eigenvalue weighted by Gasteiger charge is 2.32. The lowest BCUT2D eigenvalue weighted by Crippen LogP contribution is -2.52. The van der Waals surface area contributed by atoms with Crippen molar-refractivity contribution in [3.05, 3.63) is 0 Å². The van der Waals surface area contributed by atoms with Crippen molar-refractivity contribution in [1.29, 1.82) is 0 Å². The first-order valence-corrected chi connectivity index (χ1v) is 3.79. The molecule has 0 aromatic heterocycles. The van der Waals surface area contributed by atoms with E-state index in [2.05, 4.69) is 5.32 Å². The summed E-state index contributed by atoms with van der Waals surface area (Å²) in [6.07, 6.45) is 1.02. The van der Waals surface area contributed by atoms with Gasteiger partial charge in [-0.2, -0.15) is 0 Å². The van der Waals surface area contributed by atoms with E-state index in [0.717, 1.165) is 13.0 Å². The quantitative estimate of drug-likeness (QED) is 0.589. The summed E-state index contributed by atoms with van der Waals surface area (Å²) < 4.78 is 0. The maximum absolute atomic E-state index is 11.4. The third-order valence-corrected chi connectivity index (χ3v) is 1.88. The molecule has 1 aliphatic heterocycles. The third-order valence-electron chi connectivity index (χ3n) is 1.88. The van der Waals surface area contributed by atoms with Crippen molar-refractivity contribution in [1.82, 2.24) is 5.32 Å². The fourth-order valence-corrected chi connectivity index (χ4v) is 1.04. The predicted octanol–water partition coefficient (Wildman–Crippen LogP) is 0.964. The number of hydrogen-bond acceptors (Lipinski definition) is 2. The second-order valence-electron chi connectivity index (χ2n) is 3.91. The monoisotopic (exact) mass is 141 g/mol. The minimum Gasteiger partial charge on any atom is -0.307 e. The van der Waals surface area contributed by atoms with Crippen LogP contribution in [0.2, 0.25) is 0 Å². The van der Waals surface area contributed by atoms with Crippen LogP contribution in [-0.4, -0.2) is 18.4 Å². The summed E-state index contributed by atoms with van der Waals surface area (Å²) >= 11 is 0. The van der Waals surface area contributed by atoms with Crippen molar-refractivity contribution in [2.24, 2.45) is 5.41 Å². The summed E-state index contributed by atoms with van der Waals surface area (Å²) in [7, 11) is 0. The summed E-state index contributed by atoms with van der Waals surface area (Å²) in [5.74, 6) is 0.346. The van der Waals surface area contributed by atoms with Gasteiger partial charge >= 0.3 is 0 Å². The van der Waals surface area contributed by atoms with Crippen LogP contribution in [0.15, 0.2) is 0 Å². The zero-order valence-corrected chi connectivity index (χ0v) is 6.90. The van der Waals surface area contributed by atoms with Gasteiger partial charge in [-0.1, -0.05) is 20.8 Å². The molecular weight excluding hydrogens is 126 g/mol. The van der Waals surface area contributed by atoms with Gasteiger partial charge in [0.25, 0.3) is 0 Å². The first-order chi connectivity index (χ1) is 4.52. The smallest absolute Gasteiger partial charge is 0.155 e. The summed E-state index contributed by atoms with van der Waals surface area (Å²) in [6, 6.07) is 0.153. The second kappa shape index (κ2) is 2.35. The Morgan fingerprint density at radius 1 is 1.50 bits per heavy atom. The number of Topliss-reactive ketones (excluding diaryl/α,β-unsaturated/α-hetero) is 1. The minimum absolute atomic E-state index is 0.153. The van der Waals surface area contributed by atoms with Crippen molar-refractivity contribution in [3.63, 3.8) is 0 Å². The molecule has 10 heavy (non-hydrogen) atoms. The normalized spacial score (nSPS) is 25.7. The lowest BCUT2D eigenvalue weighted by Gasteiger charge is -2.31. The molecule has 1 fully saturated rings. The van der Waals surface area contributed by atoms with Crippen molar-refractivity contribution in [2.75, 3.05) is 6.54 Å². The number of carbonyl (C=O) groups excluding carboxylic acids is 1. The molecule has 0 spiro atoms. The number of nitrogens with one attached hydrogen (secondary N) is 1. The highest BCUT2D eigenvalue weighted by Crippen LogP contribution is 2.20. The van der Waals surface area contributed by atoms with E-state index in [4.69, 9.17) is 0 Å². The van der Waals surface area contributed by atoms with Crippen LogP contribution in [0.4, 0.5) is 0 Å². The van der Waals surface area contributed by atoms with Crippen LogP contribution in [0.1, 0.15) is 27.2 Å². The van der Waals surface area contributed by atoms with Gasteiger partial charge in [-0.05, 0) is 13.0 Å². The van der Waals surface area contributed by atoms with Gasteiger partial charge in [-0.3, -0.25) is 4.79 Å².